The smallest absolute Gasteiger partial charge is 0.325 e. The van der Waals surface area contributed by atoms with E-state index in [0.29, 0.717) is 23.6 Å². The molecule has 7 nitrogen and oxygen atoms in total. The maximum atomic E-state index is 13.2. The molecule has 1 saturated heterocycles. The van der Waals surface area contributed by atoms with E-state index in [4.69, 9.17) is 4.74 Å². The van der Waals surface area contributed by atoms with Crippen molar-refractivity contribution in [1.82, 2.24) is 10.2 Å². The SMILES string of the molecule is CCOc1ccc(NC(=O)CN2C(=O)NC(C)(c3ccc(F)cc3)C2=O)cc1. The number of nitrogens with one attached hydrogen (secondary N) is 2. The number of carbonyl (C=O) groups is 3. The number of nitrogens with zero attached hydrogens (tertiary/aromatic N) is 1. The molecule has 8 heteroatoms. The summed E-state index contributed by atoms with van der Waals surface area (Å²) in [5.41, 5.74) is -0.409. The van der Waals surface area contributed by atoms with E-state index in [-0.39, 0.29) is 0 Å². The van der Waals surface area contributed by atoms with Crippen molar-refractivity contribution in [2.24, 2.45) is 0 Å². The molecule has 4 amide bonds. The van der Waals surface area contributed by atoms with Gasteiger partial charge in [0.15, 0.2) is 0 Å². The van der Waals surface area contributed by atoms with E-state index < -0.39 is 35.7 Å². The molecule has 146 valence electrons. The minimum Gasteiger partial charge on any atom is -0.494 e. The van der Waals surface area contributed by atoms with Gasteiger partial charge in [0.2, 0.25) is 5.91 Å². The second kappa shape index (κ2) is 7.67. The van der Waals surface area contributed by atoms with Gasteiger partial charge in [-0.25, -0.2) is 9.18 Å². The molecule has 0 bridgehead atoms. The Balaban J connectivity index is 1.68. The summed E-state index contributed by atoms with van der Waals surface area (Å²) in [4.78, 5) is 38.2. The Bertz CT molecular complexity index is 899. The number of urea groups is 1. The second-order valence-corrected chi connectivity index (χ2v) is 6.46. The zero-order valence-corrected chi connectivity index (χ0v) is 15.5. The van der Waals surface area contributed by atoms with Crippen molar-refractivity contribution < 1.29 is 23.5 Å². The normalized spacial score (nSPS) is 18.8. The van der Waals surface area contributed by atoms with Crippen LogP contribution in [0.5, 0.6) is 5.75 Å². The lowest BCUT2D eigenvalue weighted by molar-refractivity contribution is -0.133. The average molecular weight is 385 g/mol. The quantitative estimate of drug-likeness (QED) is 0.749. The summed E-state index contributed by atoms with van der Waals surface area (Å²) in [6.45, 7) is 3.48. The number of anilines is 1. The summed E-state index contributed by atoms with van der Waals surface area (Å²) >= 11 is 0. The zero-order valence-electron chi connectivity index (χ0n) is 15.5. The fraction of sp³-hybridized carbons (Fsp3) is 0.250. The number of ether oxygens (including phenoxy) is 1. The molecule has 1 fully saturated rings. The van der Waals surface area contributed by atoms with Crippen LogP contribution in [0.2, 0.25) is 0 Å². The van der Waals surface area contributed by atoms with Crippen LogP contribution in [0.4, 0.5) is 14.9 Å². The first-order valence-corrected chi connectivity index (χ1v) is 8.76. The molecule has 28 heavy (non-hydrogen) atoms. The lowest BCUT2D eigenvalue weighted by Gasteiger charge is -2.22. The molecule has 0 spiro atoms. The molecule has 0 saturated carbocycles. The monoisotopic (exact) mass is 385 g/mol. The summed E-state index contributed by atoms with van der Waals surface area (Å²) in [7, 11) is 0. The minimum absolute atomic E-state index is 0.432. The fourth-order valence-electron chi connectivity index (χ4n) is 2.96. The van der Waals surface area contributed by atoms with Crippen molar-refractivity contribution in [1.29, 1.82) is 0 Å². The highest BCUT2D eigenvalue weighted by Gasteiger charge is 2.49. The summed E-state index contributed by atoms with van der Waals surface area (Å²) in [6.07, 6.45) is 0. The van der Waals surface area contributed by atoms with E-state index in [1.807, 2.05) is 6.92 Å². The highest BCUT2D eigenvalue weighted by molar-refractivity contribution is 6.10. The standard InChI is InChI=1S/C20H20FN3O4/c1-3-28-16-10-8-15(9-11-16)22-17(25)12-24-18(26)20(2,23-19(24)27)13-4-6-14(21)7-5-13/h4-11H,3,12H2,1-2H3,(H,22,25)(H,23,27). The highest BCUT2D eigenvalue weighted by atomic mass is 19.1. The van der Waals surface area contributed by atoms with Crippen LogP contribution in [0, 0.1) is 5.82 Å². The first-order chi connectivity index (χ1) is 13.3. The maximum absolute atomic E-state index is 13.2. The summed E-state index contributed by atoms with van der Waals surface area (Å²) < 4.78 is 18.5. The lowest BCUT2D eigenvalue weighted by Crippen LogP contribution is -2.42. The van der Waals surface area contributed by atoms with Gasteiger partial charge >= 0.3 is 6.03 Å². The molecule has 1 aliphatic heterocycles. The number of carbonyl (C=O) groups excluding carboxylic acids is 3. The Labute approximate surface area is 161 Å². The molecule has 0 radical (unpaired) electrons. The molecule has 2 aromatic rings. The molecule has 0 aromatic heterocycles. The number of hydrogen-bond acceptors (Lipinski definition) is 4. The topological polar surface area (TPSA) is 87.7 Å². The third-order valence-corrected chi connectivity index (χ3v) is 4.45. The molecule has 3 rings (SSSR count). The van der Waals surface area contributed by atoms with Crippen molar-refractivity contribution in [2.75, 3.05) is 18.5 Å². The molecular weight excluding hydrogens is 365 g/mol. The van der Waals surface area contributed by atoms with Crippen LogP contribution in [-0.4, -0.2) is 35.9 Å². The van der Waals surface area contributed by atoms with Crippen LogP contribution in [0.15, 0.2) is 48.5 Å². The number of benzene rings is 2. The van der Waals surface area contributed by atoms with E-state index in [1.165, 1.54) is 31.2 Å². The molecule has 1 heterocycles. The van der Waals surface area contributed by atoms with Crippen molar-refractivity contribution in [2.45, 2.75) is 19.4 Å². The van der Waals surface area contributed by atoms with Crippen molar-refractivity contribution in [3.63, 3.8) is 0 Å². The highest BCUT2D eigenvalue weighted by Crippen LogP contribution is 2.29. The van der Waals surface area contributed by atoms with Crippen molar-refractivity contribution >= 4 is 23.5 Å². The van der Waals surface area contributed by atoms with Crippen LogP contribution in [0.25, 0.3) is 0 Å². The first kappa shape index (κ1) is 19.3. The van der Waals surface area contributed by atoms with E-state index in [1.54, 1.807) is 24.3 Å². The number of hydrogen-bond donors (Lipinski definition) is 2. The molecular formula is C20H20FN3O4. The average Bonchev–Trinajstić information content (AvgIpc) is 2.88. The Morgan fingerprint density at radius 1 is 1.14 bits per heavy atom. The van der Waals surface area contributed by atoms with Gasteiger partial charge in [0.1, 0.15) is 23.7 Å². The zero-order chi connectivity index (χ0) is 20.3. The van der Waals surface area contributed by atoms with Gasteiger partial charge in [-0.3, -0.25) is 14.5 Å². The van der Waals surface area contributed by atoms with Gasteiger partial charge in [0, 0.05) is 5.69 Å². The van der Waals surface area contributed by atoms with Gasteiger partial charge in [0.05, 0.1) is 6.61 Å². The molecule has 0 aliphatic carbocycles. The van der Waals surface area contributed by atoms with Gasteiger partial charge in [0.25, 0.3) is 5.91 Å². The fourth-order valence-corrected chi connectivity index (χ4v) is 2.96. The predicted octanol–water partition coefficient (Wildman–Crippen LogP) is 2.63. The summed E-state index contributed by atoms with van der Waals surface area (Å²) in [5.74, 6) is -0.873. The molecule has 2 aromatic carbocycles. The second-order valence-electron chi connectivity index (χ2n) is 6.46. The minimum atomic E-state index is -1.36. The third kappa shape index (κ3) is 3.80. The Kier molecular flexibility index (Phi) is 5.30. The number of amides is 4. The molecule has 1 aliphatic rings. The van der Waals surface area contributed by atoms with Crippen LogP contribution in [-0.2, 0) is 15.1 Å². The van der Waals surface area contributed by atoms with Crippen LogP contribution in [0.3, 0.4) is 0 Å². The summed E-state index contributed by atoms with van der Waals surface area (Å²) in [6, 6.07) is 11.3. The van der Waals surface area contributed by atoms with Crippen LogP contribution >= 0.6 is 0 Å². The van der Waals surface area contributed by atoms with Crippen LogP contribution in [0.1, 0.15) is 19.4 Å². The molecule has 1 unspecified atom stereocenters. The third-order valence-electron chi connectivity index (χ3n) is 4.45. The maximum Gasteiger partial charge on any atom is 0.325 e. The Morgan fingerprint density at radius 3 is 2.39 bits per heavy atom. The molecule has 1 atom stereocenters. The Morgan fingerprint density at radius 2 is 1.79 bits per heavy atom. The van der Waals surface area contributed by atoms with Crippen LogP contribution < -0.4 is 15.4 Å². The molecule has 2 N–H and O–H groups in total. The van der Waals surface area contributed by atoms with Gasteiger partial charge in [-0.15, -0.1) is 0 Å². The van der Waals surface area contributed by atoms with Gasteiger partial charge in [-0.05, 0) is 55.8 Å². The first-order valence-electron chi connectivity index (χ1n) is 8.76. The number of rotatable bonds is 6. The van der Waals surface area contributed by atoms with Crippen molar-refractivity contribution in [3.05, 3.63) is 59.9 Å². The largest absolute Gasteiger partial charge is 0.494 e. The van der Waals surface area contributed by atoms with Crippen molar-refractivity contribution in [3.8, 4) is 5.75 Å². The van der Waals surface area contributed by atoms with E-state index in [0.717, 1.165) is 4.90 Å². The summed E-state index contributed by atoms with van der Waals surface area (Å²) in [5, 5.41) is 5.21. The van der Waals surface area contributed by atoms with Gasteiger partial charge in [-0.1, -0.05) is 12.1 Å². The van der Waals surface area contributed by atoms with E-state index >= 15 is 0 Å². The predicted molar refractivity (Wildman–Crippen MR) is 100 cm³/mol. The number of halogens is 1. The van der Waals surface area contributed by atoms with Gasteiger partial charge in [-0.2, -0.15) is 0 Å². The Hall–Kier alpha value is -3.42. The van der Waals surface area contributed by atoms with E-state index in [9.17, 15) is 18.8 Å². The van der Waals surface area contributed by atoms with E-state index in [2.05, 4.69) is 10.6 Å². The lowest BCUT2D eigenvalue weighted by atomic mass is 9.92. The number of imide groups is 1. The van der Waals surface area contributed by atoms with Gasteiger partial charge < -0.3 is 15.4 Å².